The van der Waals surface area contributed by atoms with Crippen molar-refractivity contribution in [3.05, 3.63) is 128 Å². The molecule has 0 aliphatic rings. The maximum absolute atomic E-state index is 6.04. The summed E-state index contributed by atoms with van der Waals surface area (Å²) < 4.78 is 8.19. The Labute approximate surface area is 218 Å². The molecule has 0 amide bonds. The SMILES string of the molecule is c1ccc(-c2cnc(-n3c4ccccc4c4cc(-c5ccc6oc7ccccc7c6c5)ccc43)nc2)cc1. The Kier molecular flexibility index (Phi) is 4.49. The lowest BCUT2D eigenvalue weighted by atomic mass is 10.0. The van der Waals surface area contributed by atoms with Gasteiger partial charge in [0.05, 0.1) is 11.0 Å². The van der Waals surface area contributed by atoms with Gasteiger partial charge in [-0.15, -0.1) is 0 Å². The first-order valence-corrected chi connectivity index (χ1v) is 12.7. The van der Waals surface area contributed by atoms with Crippen LogP contribution in [0.25, 0.3) is 71.9 Å². The summed E-state index contributed by atoms with van der Waals surface area (Å²) in [7, 11) is 0. The van der Waals surface area contributed by atoms with Gasteiger partial charge >= 0.3 is 0 Å². The lowest BCUT2D eigenvalue weighted by Crippen LogP contribution is -2.00. The van der Waals surface area contributed by atoms with Crippen molar-refractivity contribution in [1.29, 1.82) is 0 Å². The van der Waals surface area contributed by atoms with Gasteiger partial charge < -0.3 is 4.42 Å². The Bertz CT molecular complexity index is 2120. The van der Waals surface area contributed by atoms with Crippen molar-refractivity contribution in [3.63, 3.8) is 0 Å². The van der Waals surface area contributed by atoms with Crippen molar-refractivity contribution in [1.82, 2.24) is 14.5 Å². The first-order valence-electron chi connectivity index (χ1n) is 12.7. The zero-order chi connectivity index (χ0) is 25.1. The van der Waals surface area contributed by atoms with E-state index in [1.807, 2.05) is 42.7 Å². The molecule has 178 valence electrons. The summed E-state index contributed by atoms with van der Waals surface area (Å²) >= 11 is 0. The van der Waals surface area contributed by atoms with Gasteiger partial charge in [-0.2, -0.15) is 0 Å². The number of benzene rings is 5. The minimum atomic E-state index is 0.662. The zero-order valence-corrected chi connectivity index (χ0v) is 20.4. The van der Waals surface area contributed by atoms with Crippen molar-refractivity contribution in [2.45, 2.75) is 0 Å². The number of rotatable bonds is 3. The van der Waals surface area contributed by atoms with E-state index >= 15 is 0 Å². The number of fused-ring (bicyclic) bond motifs is 6. The highest BCUT2D eigenvalue weighted by atomic mass is 16.3. The minimum absolute atomic E-state index is 0.662. The Hall–Kier alpha value is -5.22. The molecule has 38 heavy (non-hydrogen) atoms. The Balaban J connectivity index is 1.29. The maximum Gasteiger partial charge on any atom is 0.234 e. The highest BCUT2D eigenvalue weighted by Crippen LogP contribution is 2.36. The van der Waals surface area contributed by atoms with E-state index in [2.05, 4.69) is 89.5 Å². The normalized spacial score (nSPS) is 11.7. The van der Waals surface area contributed by atoms with E-state index in [1.54, 1.807) is 0 Å². The number of furan rings is 1. The molecule has 3 heterocycles. The van der Waals surface area contributed by atoms with Crippen LogP contribution < -0.4 is 0 Å². The molecular weight excluding hydrogens is 466 g/mol. The van der Waals surface area contributed by atoms with Crippen LogP contribution in [0.5, 0.6) is 0 Å². The predicted molar refractivity (Wildman–Crippen MR) is 155 cm³/mol. The van der Waals surface area contributed by atoms with Crippen LogP contribution in [0.1, 0.15) is 0 Å². The van der Waals surface area contributed by atoms with Crippen LogP contribution >= 0.6 is 0 Å². The molecule has 0 atom stereocenters. The van der Waals surface area contributed by atoms with Crippen molar-refractivity contribution < 1.29 is 4.42 Å². The topological polar surface area (TPSA) is 43.9 Å². The van der Waals surface area contributed by atoms with Crippen LogP contribution in [0.2, 0.25) is 0 Å². The standard InChI is InChI=1S/C34H21N3O/c1-2-8-22(9-3-1)25-20-35-34(36-21-25)37-30-12-6-4-10-26(30)28-18-23(14-16-31(28)37)24-15-17-33-29(19-24)27-11-5-7-13-32(27)38-33/h1-21H. The summed E-state index contributed by atoms with van der Waals surface area (Å²) in [5, 5.41) is 4.62. The average molecular weight is 488 g/mol. The molecule has 0 fully saturated rings. The molecular formula is C34H21N3O. The highest BCUT2D eigenvalue weighted by Gasteiger charge is 2.15. The fourth-order valence-corrected chi connectivity index (χ4v) is 5.49. The fourth-order valence-electron chi connectivity index (χ4n) is 5.49. The van der Waals surface area contributed by atoms with E-state index < -0.39 is 0 Å². The summed E-state index contributed by atoms with van der Waals surface area (Å²) in [5.41, 5.74) is 8.41. The molecule has 0 N–H and O–H groups in total. The van der Waals surface area contributed by atoms with E-state index in [0.717, 1.165) is 55.2 Å². The van der Waals surface area contributed by atoms with E-state index in [1.165, 1.54) is 10.8 Å². The number of para-hydroxylation sites is 2. The van der Waals surface area contributed by atoms with Crippen LogP contribution in [0.15, 0.2) is 132 Å². The monoisotopic (exact) mass is 487 g/mol. The Morgan fingerprint density at radius 2 is 1.08 bits per heavy atom. The van der Waals surface area contributed by atoms with Crippen LogP contribution in [-0.2, 0) is 0 Å². The highest BCUT2D eigenvalue weighted by molar-refractivity contribution is 6.11. The molecule has 4 nitrogen and oxygen atoms in total. The second-order valence-electron chi connectivity index (χ2n) is 9.53. The van der Waals surface area contributed by atoms with Crippen molar-refractivity contribution in [3.8, 4) is 28.2 Å². The largest absolute Gasteiger partial charge is 0.456 e. The lowest BCUT2D eigenvalue weighted by molar-refractivity contribution is 0.669. The number of hydrogen-bond donors (Lipinski definition) is 0. The van der Waals surface area contributed by atoms with Crippen molar-refractivity contribution in [2.75, 3.05) is 0 Å². The third-order valence-corrected chi connectivity index (χ3v) is 7.33. The molecule has 8 rings (SSSR count). The summed E-state index contributed by atoms with van der Waals surface area (Å²) in [6.07, 6.45) is 3.80. The fraction of sp³-hybridized carbons (Fsp3) is 0. The molecule has 0 unspecified atom stereocenters. The molecule has 0 aliphatic carbocycles. The van der Waals surface area contributed by atoms with Crippen LogP contribution in [-0.4, -0.2) is 14.5 Å². The third-order valence-electron chi connectivity index (χ3n) is 7.33. The minimum Gasteiger partial charge on any atom is -0.456 e. The molecule has 0 spiro atoms. The van der Waals surface area contributed by atoms with E-state index in [-0.39, 0.29) is 0 Å². The van der Waals surface area contributed by atoms with Gasteiger partial charge in [0.15, 0.2) is 0 Å². The molecule has 8 aromatic rings. The van der Waals surface area contributed by atoms with Crippen molar-refractivity contribution in [2.24, 2.45) is 0 Å². The summed E-state index contributed by atoms with van der Waals surface area (Å²) in [4.78, 5) is 9.55. The maximum atomic E-state index is 6.04. The molecule has 0 bridgehead atoms. The molecule has 0 aliphatic heterocycles. The quantitative estimate of drug-likeness (QED) is 0.250. The molecule has 4 heteroatoms. The Morgan fingerprint density at radius 1 is 0.447 bits per heavy atom. The summed E-state index contributed by atoms with van der Waals surface area (Å²) in [6.45, 7) is 0. The first kappa shape index (κ1) is 20.9. The average Bonchev–Trinajstić information content (AvgIpc) is 3.53. The molecule has 5 aromatic carbocycles. The number of hydrogen-bond acceptors (Lipinski definition) is 3. The van der Waals surface area contributed by atoms with Crippen molar-refractivity contribution >= 4 is 43.7 Å². The van der Waals surface area contributed by atoms with Gasteiger partial charge in [-0.25, -0.2) is 9.97 Å². The zero-order valence-electron chi connectivity index (χ0n) is 20.4. The van der Waals surface area contributed by atoms with E-state index in [4.69, 9.17) is 14.4 Å². The summed E-state index contributed by atoms with van der Waals surface area (Å²) in [6, 6.07) is 39.9. The number of nitrogens with zero attached hydrogens (tertiary/aromatic N) is 3. The molecule has 0 saturated heterocycles. The van der Waals surface area contributed by atoms with Gasteiger partial charge in [-0.05, 0) is 53.1 Å². The molecule has 3 aromatic heterocycles. The van der Waals surface area contributed by atoms with Gasteiger partial charge in [0.2, 0.25) is 5.95 Å². The van der Waals surface area contributed by atoms with Crippen LogP contribution in [0.4, 0.5) is 0 Å². The third kappa shape index (κ3) is 3.17. The van der Waals surface area contributed by atoms with Crippen LogP contribution in [0.3, 0.4) is 0 Å². The second-order valence-corrected chi connectivity index (χ2v) is 9.53. The van der Waals surface area contributed by atoms with Gasteiger partial charge in [0.1, 0.15) is 11.2 Å². The predicted octanol–water partition coefficient (Wildman–Crippen LogP) is 8.81. The number of aromatic nitrogens is 3. The van der Waals surface area contributed by atoms with E-state index in [0.29, 0.717) is 5.95 Å². The Morgan fingerprint density at radius 3 is 1.92 bits per heavy atom. The smallest absolute Gasteiger partial charge is 0.234 e. The lowest BCUT2D eigenvalue weighted by Gasteiger charge is -2.08. The molecule has 0 saturated carbocycles. The first-order chi connectivity index (χ1) is 18.8. The van der Waals surface area contributed by atoms with Gasteiger partial charge in [0, 0.05) is 39.5 Å². The van der Waals surface area contributed by atoms with Gasteiger partial charge in [-0.3, -0.25) is 4.57 Å². The molecule has 0 radical (unpaired) electrons. The van der Waals surface area contributed by atoms with Gasteiger partial charge in [-0.1, -0.05) is 78.9 Å². The van der Waals surface area contributed by atoms with E-state index in [9.17, 15) is 0 Å². The van der Waals surface area contributed by atoms with Gasteiger partial charge in [0.25, 0.3) is 0 Å². The van der Waals surface area contributed by atoms with Crippen LogP contribution in [0, 0.1) is 0 Å². The second kappa shape index (κ2) is 8.15. The summed E-state index contributed by atoms with van der Waals surface area (Å²) in [5.74, 6) is 0.662.